The van der Waals surface area contributed by atoms with E-state index in [0.29, 0.717) is 24.4 Å². The third-order valence-corrected chi connectivity index (χ3v) is 5.52. The number of aromatic nitrogens is 2. The van der Waals surface area contributed by atoms with Gasteiger partial charge in [-0.15, -0.1) is 0 Å². The number of amides is 1. The Hall–Kier alpha value is -1.79. The van der Waals surface area contributed by atoms with E-state index in [0.717, 1.165) is 29.1 Å². The van der Waals surface area contributed by atoms with Crippen molar-refractivity contribution >= 4 is 17.7 Å². The summed E-state index contributed by atoms with van der Waals surface area (Å²) >= 11 is 1.72. The van der Waals surface area contributed by atoms with Crippen LogP contribution in [0, 0.1) is 13.8 Å². The van der Waals surface area contributed by atoms with Crippen LogP contribution >= 0.6 is 11.8 Å². The molecule has 1 aromatic heterocycles. The summed E-state index contributed by atoms with van der Waals surface area (Å²) < 4.78 is 1.94. The molecule has 2 N–H and O–H groups in total. The number of carbonyl (C=O) groups is 1. The molecule has 1 aromatic carbocycles. The van der Waals surface area contributed by atoms with Gasteiger partial charge in [0.2, 0.25) is 0 Å². The lowest BCUT2D eigenvalue weighted by atomic mass is 10.0. The topological polar surface area (TPSA) is 67.2 Å². The van der Waals surface area contributed by atoms with Crippen molar-refractivity contribution in [3.05, 3.63) is 52.8 Å². The lowest BCUT2D eigenvalue weighted by Gasteiger charge is -2.21. The third-order valence-electron chi connectivity index (χ3n) is 4.29. The summed E-state index contributed by atoms with van der Waals surface area (Å²) in [5.74, 6) is 1.49. The minimum atomic E-state index is -0.762. The highest BCUT2D eigenvalue weighted by atomic mass is 32.2. The quantitative estimate of drug-likeness (QED) is 0.871. The molecule has 0 radical (unpaired) electrons. The number of thioether (sulfide) groups is 1. The summed E-state index contributed by atoms with van der Waals surface area (Å²) in [6, 6.07) is 9.61. The number of aliphatic hydroxyl groups is 1. The van der Waals surface area contributed by atoms with Crippen molar-refractivity contribution in [1.82, 2.24) is 15.1 Å². The van der Waals surface area contributed by atoms with Crippen LogP contribution in [-0.2, 0) is 6.54 Å². The smallest absolute Gasteiger partial charge is 0.251 e. The molecule has 0 bridgehead atoms. The van der Waals surface area contributed by atoms with Crippen LogP contribution in [-0.4, -0.2) is 44.4 Å². The van der Waals surface area contributed by atoms with Crippen LogP contribution in [0.5, 0.6) is 0 Å². The molecule has 0 aliphatic carbocycles. The Morgan fingerprint density at radius 2 is 2.25 bits per heavy atom. The minimum absolute atomic E-state index is 0.143. The van der Waals surface area contributed by atoms with Crippen LogP contribution in [0.4, 0.5) is 0 Å². The van der Waals surface area contributed by atoms with Gasteiger partial charge in [-0.2, -0.15) is 16.9 Å². The van der Waals surface area contributed by atoms with Gasteiger partial charge in [0.25, 0.3) is 5.91 Å². The first-order chi connectivity index (χ1) is 11.5. The molecule has 1 saturated heterocycles. The summed E-state index contributed by atoms with van der Waals surface area (Å²) in [7, 11) is 0. The SMILES string of the molecule is Cc1cc(C)n(Cc2cccc(C(=O)NCC3(O)CCSC3)c2)n1. The summed E-state index contributed by atoms with van der Waals surface area (Å²) in [5.41, 5.74) is 2.97. The minimum Gasteiger partial charge on any atom is -0.387 e. The lowest BCUT2D eigenvalue weighted by molar-refractivity contribution is 0.0612. The van der Waals surface area contributed by atoms with Gasteiger partial charge in [-0.25, -0.2) is 0 Å². The predicted octanol–water partition coefficient (Wildman–Crippen LogP) is 2.15. The van der Waals surface area contributed by atoms with Gasteiger partial charge >= 0.3 is 0 Å². The van der Waals surface area contributed by atoms with Crippen molar-refractivity contribution in [2.45, 2.75) is 32.4 Å². The van der Waals surface area contributed by atoms with E-state index in [2.05, 4.69) is 10.4 Å². The van der Waals surface area contributed by atoms with Crippen LogP contribution in [0.25, 0.3) is 0 Å². The zero-order valence-corrected chi connectivity index (χ0v) is 14.9. The Kier molecular flexibility index (Phi) is 4.96. The first kappa shape index (κ1) is 17.0. The Bertz CT molecular complexity index is 736. The number of benzene rings is 1. The number of carbonyl (C=O) groups excluding carboxylic acids is 1. The maximum atomic E-state index is 12.4. The fourth-order valence-electron chi connectivity index (χ4n) is 2.90. The van der Waals surface area contributed by atoms with Gasteiger partial charge in [0.1, 0.15) is 0 Å². The van der Waals surface area contributed by atoms with Gasteiger partial charge < -0.3 is 10.4 Å². The summed E-state index contributed by atoms with van der Waals surface area (Å²) in [5, 5.41) is 17.6. The second-order valence-electron chi connectivity index (χ2n) is 6.49. The molecule has 5 nitrogen and oxygen atoms in total. The third kappa shape index (κ3) is 3.99. The Balaban J connectivity index is 1.66. The number of hydrogen-bond acceptors (Lipinski definition) is 4. The van der Waals surface area contributed by atoms with Gasteiger partial charge in [0.05, 0.1) is 17.8 Å². The van der Waals surface area contributed by atoms with Crippen molar-refractivity contribution in [2.75, 3.05) is 18.1 Å². The first-order valence-electron chi connectivity index (χ1n) is 8.14. The zero-order valence-electron chi connectivity index (χ0n) is 14.1. The van der Waals surface area contributed by atoms with E-state index in [1.807, 2.05) is 42.8 Å². The van der Waals surface area contributed by atoms with Crippen molar-refractivity contribution in [3.8, 4) is 0 Å². The first-order valence-corrected chi connectivity index (χ1v) is 9.29. The number of hydrogen-bond donors (Lipinski definition) is 2. The zero-order chi connectivity index (χ0) is 17.2. The largest absolute Gasteiger partial charge is 0.387 e. The van der Waals surface area contributed by atoms with E-state index < -0.39 is 5.60 Å². The summed E-state index contributed by atoms with van der Waals surface area (Å²) in [6.07, 6.45) is 0.732. The molecular formula is C18H23N3O2S. The van der Waals surface area contributed by atoms with E-state index in [1.165, 1.54) is 0 Å². The predicted molar refractivity (Wildman–Crippen MR) is 96.5 cm³/mol. The van der Waals surface area contributed by atoms with Crippen LogP contribution in [0.3, 0.4) is 0 Å². The van der Waals surface area contributed by atoms with Crippen molar-refractivity contribution in [1.29, 1.82) is 0 Å². The van der Waals surface area contributed by atoms with Crippen molar-refractivity contribution in [3.63, 3.8) is 0 Å². The lowest BCUT2D eigenvalue weighted by Crippen LogP contribution is -2.42. The molecule has 1 atom stereocenters. The Labute approximate surface area is 146 Å². The second-order valence-corrected chi connectivity index (χ2v) is 7.60. The molecule has 1 aliphatic rings. The number of aryl methyl sites for hydroxylation is 2. The fraction of sp³-hybridized carbons (Fsp3) is 0.444. The molecule has 0 saturated carbocycles. The molecule has 128 valence electrons. The highest BCUT2D eigenvalue weighted by Gasteiger charge is 2.32. The van der Waals surface area contributed by atoms with E-state index >= 15 is 0 Å². The fourth-order valence-corrected chi connectivity index (χ4v) is 4.20. The molecule has 1 fully saturated rings. The van der Waals surface area contributed by atoms with Gasteiger partial charge in [-0.3, -0.25) is 9.48 Å². The molecule has 3 rings (SSSR count). The van der Waals surface area contributed by atoms with Gasteiger partial charge in [-0.1, -0.05) is 12.1 Å². The Morgan fingerprint density at radius 3 is 2.92 bits per heavy atom. The number of nitrogens with one attached hydrogen (secondary N) is 1. The van der Waals surface area contributed by atoms with Crippen LogP contribution < -0.4 is 5.32 Å². The molecule has 24 heavy (non-hydrogen) atoms. The molecular weight excluding hydrogens is 322 g/mol. The maximum Gasteiger partial charge on any atom is 0.251 e. The molecule has 1 amide bonds. The molecule has 0 spiro atoms. The van der Waals surface area contributed by atoms with Crippen molar-refractivity contribution in [2.24, 2.45) is 0 Å². The van der Waals surface area contributed by atoms with Crippen molar-refractivity contribution < 1.29 is 9.90 Å². The highest BCUT2D eigenvalue weighted by Crippen LogP contribution is 2.27. The molecule has 6 heteroatoms. The Morgan fingerprint density at radius 1 is 1.42 bits per heavy atom. The maximum absolute atomic E-state index is 12.4. The van der Waals surface area contributed by atoms with E-state index in [1.54, 1.807) is 17.8 Å². The highest BCUT2D eigenvalue weighted by molar-refractivity contribution is 7.99. The molecule has 2 aromatic rings. The van der Waals surface area contributed by atoms with E-state index in [9.17, 15) is 9.90 Å². The summed E-state index contributed by atoms with van der Waals surface area (Å²) in [6.45, 7) is 4.94. The standard InChI is InChI=1S/C18H23N3O2S/c1-13-8-14(2)21(20-13)10-15-4-3-5-16(9-15)17(22)19-11-18(23)6-7-24-12-18/h3-5,8-9,23H,6-7,10-12H2,1-2H3,(H,19,22). The average Bonchev–Trinajstić information content (AvgIpc) is 3.12. The van der Waals surface area contributed by atoms with E-state index in [-0.39, 0.29) is 5.91 Å². The molecule has 2 heterocycles. The average molecular weight is 345 g/mol. The van der Waals surface area contributed by atoms with Crippen LogP contribution in [0.15, 0.2) is 30.3 Å². The summed E-state index contributed by atoms with van der Waals surface area (Å²) in [4.78, 5) is 12.4. The molecule has 1 aliphatic heterocycles. The number of nitrogens with zero attached hydrogens (tertiary/aromatic N) is 2. The van der Waals surface area contributed by atoms with Gasteiger partial charge in [0.15, 0.2) is 0 Å². The van der Waals surface area contributed by atoms with Gasteiger partial charge in [-0.05, 0) is 49.8 Å². The number of rotatable bonds is 5. The monoisotopic (exact) mass is 345 g/mol. The molecule has 1 unspecified atom stereocenters. The van der Waals surface area contributed by atoms with Crippen LogP contribution in [0.1, 0.15) is 33.7 Å². The van der Waals surface area contributed by atoms with Gasteiger partial charge in [0, 0.05) is 23.6 Å². The second kappa shape index (κ2) is 6.99. The van der Waals surface area contributed by atoms with Crippen LogP contribution in [0.2, 0.25) is 0 Å². The normalized spacial score (nSPS) is 20.3. The van der Waals surface area contributed by atoms with E-state index in [4.69, 9.17) is 0 Å².